The maximum atomic E-state index is 12.8. The summed E-state index contributed by atoms with van der Waals surface area (Å²) in [5.74, 6) is -17.5. The van der Waals surface area contributed by atoms with E-state index in [4.69, 9.17) is 0 Å². The zero-order valence-corrected chi connectivity index (χ0v) is 9.41. The standard InChI is InChI=1S/C8H5ClF10/c9-3(4(11)12)7(16,17)8(18,19)5(13)6(14,15)1-2-10/h5H,1-2H2. The Hall–Kier alpha value is -0.670. The van der Waals surface area contributed by atoms with E-state index in [9.17, 15) is 43.9 Å². The van der Waals surface area contributed by atoms with Crippen LogP contribution in [0.5, 0.6) is 0 Å². The van der Waals surface area contributed by atoms with Crippen LogP contribution < -0.4 is 0 Å². The molecule has 0 heterocycles. The van der Waals surface area contributed by atoms with Crippen LogP contribution in [-0.2, 0) is 0 Å². The summed E-state index contributed by atoms with van der Waals surface area (Å²) in [5.41, 5.74) is 0. The Morgan fingerprint density at radius 2 is 1.42 bits per heavy atom. The summed E-state index contributed by atoms with van der Waals surface area (Å²) in [5, 5.41) is -3.06. The van der Waals surface area contributed by atoms with Gasteiger partial charge in [-0.25, -0.2) is 13.2 Å². The molecule has 0 aromatic carbocycles. The van der Waals surface area contributed by atoms with Gasteiger partial charge in [0.2, 0.25) is 6.17 Å². The molecule has 0 aromatic heterocycles. The summed E-state index contributed by atoms with van der Waals surface area (Å²) in [6.45, 7) is -1.98. The number of allylic oxidation sites excluding steroid dienone is 1. The second-order valence-electron chi connectivity index (χ2n) is 3.33. The summed E-state index contributed by atoms with van der Waals surface area (Å²) >= 11 is 4.18. The van der Waals surface area contributed by atoms with Crippen molar-refractivity contribution in [3.05, 3.63) is 11.1 Å². The van der Waals surface area contributed by atoms with Crippen molar-refractivity contribution in [3.63, 3.8) is 0 Å². The van der Waals surface area contributed by atoms with Crippen LogP contribution in [0.25, 0.3) is 0 Å². The summed E-state index contributed by atoms with van der Waals surface area (Å²) in [6.07, 6.45) is -10.5. The normalized spacial score (nSPS) is 15.3. The smallest absolute Gasteiger partial charge is 0.251 e. The van der Waals surface area contributed by atoms with Crippen LogP contribution in [0, 0.1) is 0 Å². The predicted molar refractivity (Wildman–Crippen MR) is 45.4 cm³/mol. The fourth-order valence-corrected chi connectivity index (χ4v) is 1.07. The van der Waals surface area contributed by atoms with E-state index in [0.29, 0.717) is 0 Å². The van der Waals surface area contributed by atoms with Crippen molar-refractivity contribution in [3.8, 4) is 0 Å². The van der Waals surface area contributed by atoms with Crippen molar-refractivity contribution in [2.24, 2.45) is 0 Å². The molecule has 11 heteroatoms. The highest BCUT2D eigenvalue weighted by Crippen LogP contribution is 2.50. The van der Waals surface area contributed by atoms with E-state index >= 15 is 0 Å². The van der Waals surface area contributed by atoms with Crippen molar-refractivity contribution in [2.45, 2.75) is 30.4 Å². The van der Waals surface area contributed by atoms with Crippen LogP contribution in [0.4, 0.5) is 43.9 Å². The Labute approximate surface area is 105 Å². The highest BCUT2D eigenvalue weighted by Gasteiger charge is 2.70. The SMILES string of the molecule is FCCC(F)(F)C(F)C(F)(F)C(F)(F)C(Cl)=C(F)F. The maximum absolute atomic E-state index is 12.8. The van der Waals surface area contributed by atoms with Gasteiger partial charge in [-0.2, -0.15) is 26.3 Å². The molecule has 0 aliphatic carbocycles. The van der Waals surface area contributed by atoms with Gasteiger partial charge in [0, 0.05) is 6.42 Å². The first kappa shape index (κ1) is 18.3. The van der Waals surface area contributed by atoms with Crippen LogP contribution in [-0.4, -0.2) is 30.6 Å². The predicted octanol–water partition coefficient (Wildman–Crippen LogP) is 4.94. The highest BCUT2D eigenvalue weighted by molar-refractivity contribution is 6.30. The first-order valence-corrected chi connectivity index (χ1v) is 4.75. The molecule has 19 heavy (non-hydrogen) atoms. The molecule has 0 rings (SSSR count). The van der Waals surface area contributed by atoms with Gasteiger partial charge in [-0.3, -0.25) is 4.39 Å². The van der Waals surface area contributed by atoms with Gasteiger partial charge in [0.05, 0.1) is 6.67 Å². The van der Waals surface area contributed by atoms with Crippen molar-refractivity contribution in [2.75, 3.05) is 6.67 Å². The molecule has 1 atom stereocenters. The summed E-state index contributed by atoms with van der Waals surface area (Å²) < 4.78 is 124. The molecule has 0 bridgehead atoms. The molecule has 0 radical (unpaired) electrons. The van der Waals surface area contributed by atoms with Gasteiger partial charge in [0.1, 0.15) is 0 Å². The zero-order chi connectivity index (χ0) is 15.6. The van der Waals surface area contributed by atoms with Crippen molar-refractivity contribution in [1.29, 1.82) is 0 Å². The second-order valence-corrected chi connectivity index (χ2v) is 3.71. The number of hydrogen-bond donors (Lipinski definition) is 0. The minimum atomic E-state index is -6.24. The van der Waals surface area contributed by atoms with Crippen molar-refractivity contribution < 1.29 is 43.9 Å². The van der Waals surface area contributed by atoms with E-state index in [1.807, 2.05) is 0 Å². The van der Waals surface area contributed by atoms with Gasteiger partial charge in [0.15, 0.2) is 5.03 Å². The van der Waals surface area contributed by atoms with Gasteiger partial charge in [-0.05, 0) is 0 Å². The number of hydrogen-bond acceptors (Lipinski definition) is 0. The monoisotopic (exact) mass is 326 g/mol. The minimum absolute atomic E-state index is 1.98. The Morgan fingerprint density at radius 1 is 1.00 bits per heavy atom. The lowest BCUT2D eigenvalue weighted by atomic mass is 9.99. The van der Waals surface area contributed by atoms with Crippen LogP contribution in [0.2, 0.25) is 0 Å². The molecule has 0 aliphatic heterocycles. The summed E-state index contributed by atoms with van der Waals surface area (Å²) in [7, 11) is 0. The molecule has 0 saturated carbocycles. The quantitative estimate of drug-likeness (QED) is 0.607. The van der Waals surface area contributed by atoms with Crippen LogP contribution >= 0.6 is 11.6 Å². The van der Waals surface area contributed by atoms with E-state index in [1.54, 1.807) is 0 Å². The maximum Gasteiger partial charge on any atom is 0.354 e. The highest BCUT2D eigenvalue weighted by atomic mass is 35.5. The van der Waals surface area contributed by atoms with E-state index < -0.39 is 48.1 Å². The molecule has 0 N–H and O–H groups in total. The Kier molecular flexibility index (Phi) is 5.56. The lowest BCUT2D eigenvalue weighted by Gasteiger charge is -2.31. The average Bonchev–Trinajstić information content (AvgIpc) is 2.26. The van der Waals surface area contributed by atoms with Gasteiger partial charge < -0.3 is 0 Å². The third-order valence-electron chi connectivity index (χ3n) is 1.98. The molecular weight excluding hydrogens is 322 g/mol. The molecular formula is C8H5ClF10. The molecule has 0 spiro atoms. The largest absolute Gasteiger partial charge is 0.354 e. The molecule has 1 unspecified atom stereocenters. The summed E-state index contributed by atoms with van der Waals surface area (Å²) in [6, 6.07) is 0. The van der Waals surface area contributed by atoms with Gasteiger partial charge in [-0.15, -0.1) is 0 Å². The number of alkyl halides is 8. The molecule has 0 amide bonds. The minimum Gasteiger partial charge on any atom is -0.251 e. The zero-order valence-electron chi connectivity index (χ0n) is 8.65. The number of halogens is 11. The van der Waals surface area contributed by atoms with E-state index in [1.165, 1.54) is 0 Å². The van der Waals surface area contributed by atoms with Gasteiger partial charge in [0.25, 0.3) is 12.0 Å². The third-order valence-corrected chi connectivity index (χ3v) is 2.36. The number of rotatable bonds is 6. The molecule has 0 fully saturated rings. The molecule has 0 aliphatic rings. The van der Waals surface area contributed by atoms with E-state index in [-0.39, 0.29) is 0 Å². The van der Waals surface area contributed by atoms with E-state index in [0.717, 1.165) is 0 Å². The van der Waals surface area contributed by atoms with Crippen molar-refractivity contribution >= 4 is 11.6 Å². The lowest BCUT2D eigenvalue weighted by molar-refractivity contribution is -0.263. The Bertz CT molecular complexity index is 345. The fourth-order valence-electron chi connectivity index (χ4n) is 0.942. The lowest BCUT2D eigenvalue weighted by Crippen LogP contribution is -2.55. The molecule has 0 saturated heterocycles. The topological polar surface area (TPSA) is 0 Å². The molecule has 0 nitrogen and oxygen atoms in total. The average molecular weight is 327 g/mol. The fraction of sp³-hybridized carbons (Fsp3) is 0.750. The molecule has 0 aromatic rings. The van der Waals surface area contributed by atoms with Gasteiger partial charge in [-0.1, -0.05) is 11.6 Å². The van der Waals surface area contributed by atoms with Gasteiger partial charge >= 0.3 is 11.8 Å². The van der Waals surface area contributed by atoms with Crippen LogP contribution in [0.1, 0.15) is 6.42 Å². The molecule has 114 valence electrons. The van der Waals surface area contributed by atoms with Crippen molar-refractivity contribution in [1.82, 2.24) is 0 Å². The third kappa shape index (κ3) is 3.46. The second kappa shape index (κ2) is 5.76. The van der Waals surface area contributed by atoms with Crippen LogP contribution in [0.15, 0.2) is 11.1 Å². The first-order valence-electron chi connectivity index (χ1n) is 4.37. The Morgan fingerprint density at radius 3 is 1.74 bits per heavy atom. The van der Waals surface area contributed by atoms with E-state index in [2.05, 4.69) is 11.6 Å². The Balaban J connectivity index is 5.55. The first-order chi connectivity index (χ1) is 8.32. The summed E-state index contributed by atoms with van der Waals surface area (Å²) in [4.78, 5) is 0. The van der Waals surface area contributed by atoms with Crippen LogP contribution in [0.3, 0.4) is 0 Å².